The molecule has 0 spiro atoms. The van der Waals surface area contributed by atoms with E-state index < -0.39 is 6.29 Å². The summed E-state index contributed by atoms with van der Waals surface area (Å²) in [5.41, 5.74) is 0. The van der Waals surface area contributed by atoms with Gasteiger partial charge in [0.15, 0.2) is 6.29 Å². The largest absolute Gasteiger partial charge is 0.383 e. The fraction of sp³-hybridized carbons (Fsp3) is 0.895. The van der Waals surface area contributed by atoms with Crippen LogP contribution in [0.25, 0.3) is 0 Å². The van der Waals surface area contributed by atoms with Crippen molar-refractivity contribution in [2.75, 3.05) is 33.4 Å². The number of carbonyl (C=O) groups is 2. The zero-order valence-electron chi connectivity index (χ0n) is 16.7. The molecule has 2 aliphatic heterocycles. The molecule has 2 heterocycles. The average Bonchev–Trinajstić information content (AvgIpc) is 2.67. The zero-order valence-corrected chi connectivity index (χ0v) is 16.7. The highest BCUT2D eigenvalue weighted by molar-refractivity contribution is 5.96. The van der Waals surface area contributed by atoms with Crippen LogP contribution in [-0.4, -0.2) is 73.6 Å². The van der Waals surface area contributed by atoms with E-state index >= 15 is 0 Å². The van der Waals surface area contributed by atoms with E-state index in [0.29, 0.717) is 12.5 Å². The molecular formula is C19H35N5O3. The SMILES string of the molecule is COCCN1CCC(N2C(=O)NC(N[C@@H](C)C3CCCCC3)NC2=O)CC1. The number of nitrogens with one attached hydrogen (secondary N) is 3. The molecule has 3 aliphatic rings. The van der Waals surface area contributed by atoms with Gasteiger partial charge < -0.3 is 20.3 Å². The van der Waals surface area contributed by atoms with Crippen molar-refractivity contribution in [3.63, 3.8) is 0 Å². The Labute approximate surface area is 162 Å². The number of amides is 4. The molecule has 1 aliphatic carbocycles. The monoisotopic (exact) mass is 381 g/mol. The number of rotatable bonds is 7. The lowest BCUT2D eigenvalue weighted by Gasteiger charge is -2.42. The molecule has 154 valence electrons. The lowest BCUT2D eigenvalue weighted by molar-refractivity contribution is 0.0927. The molecule has 0 aromatic carbocycles. The van der Waals surface area contributed by atoms with E-state index in [1.165, 1.54) is 37.0 Å². The molecule has 0 aromatic rings. The minimum atomic E-state index is -0.486. The van der Waals surface area contributed by atoms with Gasteiger partial charge in [-0.2, -0.15) is 0 Å². The van der Waals surface area contributed by atoms with Gasteiger partial charge in [0, 0.05) is 38.8 Å². The second kappa shape index (κ2) is 9.71. The molecule has 4 amide bonds. The maximum atomic E-state index is 12.6. The summed E-state index contributed by atoms with van der Waals surface area (Å²) in [5.74, 6) is 0.613. The maximum Gasteiger partial charge on any atom is 0.328 e. The summed E-state index contributed by atoms with van der Waals surface area (Å²) in [7, 11) is 1.70. The van der Waals surface area contributed by atoms with Gasteiger partial charge in [0.25, 0.3) is 0 Å². The van der Waals surface area contributed by atoms with Crippen molar-refractivity contribution in [1.29, 1.82) is 0 Å². The molecule has 3 rings (SSSR count). The van der Waals surface area contributed by atoms with Crippen LogP contribution in [0.5, 0.6) is 0 Å². The van der Waals surface area contributed by atoms with Crippen molar-refractivity contribution in [1.82, 2.24) is 25.8 Å². The Hall–Kier alpha value is -1.38. The summed E-state index contributed by atoms with van der Waals surface area (Å²) in [6, 6.07) is -0.350. The van der Waals surface area contributed by atoms with Crippen LogP contribution in [0.15, 0.2) is 0 Å². The Kier molecular flexibility index (Phi) is 7.32. The lowest BCUT2D eigenvalue weighted by atomic mass is 9.84. The van der Waals surface area contributed by atoms with Gasteiger partial charge >= 0.3 is 12.1 Å². The minimum Gasteiger partial charge on any atom is -0.383 e. The van der Waals surface area contributed by atoms with Crippen LogP contribution in [0.3, 0.4) is 0 Å². The molecule has 0 radical (unpaired) electrons. The third kappa shape index (κ3) is 5.33. The van der Waals surface area contributed by atoms with E-state index in [9.17, 15) is 9.59 Å². The zero-order chi connectivity index (χ0) is 19.2. The highest BCUT2D eigenvalue weighted by Gasteiger charge is 2.38. The predicted molar refractivity (Wildman–Crippen MR) is 103 cm³/mol. The van der Waals surface area contributed by atoms with Crippen molar-refractivity contribution in [3.05, 3.63) is 0 Å². The van der Waals surface area contributed by atoms with Gasteiger partial charge in [0.1, 0.15) is 0 Å². The Morgan fingerprint density at radius 2 is 1.70 bits per heavy atom. The van der Waals surface area contributed by atoms with Crippen LogP contribution in [-0.2, 0) is 4.74 Å². The smallest absolute Gasteiger partial charge is 0.328 e. The van der Waals surface area contributed by atoms with Crippen LogP contribution >= 0.6 is 0 Å². The number of piperidine rings is 1. The third-order valence-corrected chi connectivity index (χ3v) is 6.29. The standard InChI is InChI=1S/C19H35N5O3/c1-14(15-6-4-3-5-7-15)20-17-21-18(25)24(19(26)22-17)16-8-10-23(11-9-16)12-13-27-2/h14-17,20H,3-13H2,1-2H3,(H,21,25)(H,22,26)/t14-/m0/s1. The van der Waals surface area contributed by atoms with Crippen molar-refractivity contribution in [2.45, 2.75) is 70.2 Å². The second-order valence-electron chi connectivity index (χ2n) is 8.12. The Morgan fingerprint density at radius 1 is 1.07 bits per heavy atom. The van der Waals surface area contributed by atoms with Gasteiger partial charge in [-0.15, -0.1) is 0 Å². The Balaban J connectivity index is 1.47. The molecule has 3 fully saturated rings. The molecule has 8 nitrogen and oxygen atoms in total. The molecule has 2 saturated heterocycles. The van der Waals surface area contributed by atoms with Crippen LogP contribution in [0.2, 0.25) is 0 Å². The second-order valence-corrected chi connectivity index (χ2v) is 8.12. The third-order valence-electron chi connectivity index (χ3n) is 6.29. The fourth-order valence-corrected chi connectivity index (χ4v) is 4.58. The van der Waals surface area contributed by atoms with E-state index in [-0.39, 0.29) is 24.1 Å². The van der Waals surface area contributed by atoms with E-state index in [0.717, 1.165) is 32.5 Å². The molecule has 8 heteroatoms. The van der Waals surface area contributed by atoms with Crippen LogP contribution in [0.1, 0.15) is 51.9 Å². The molecule has 1 saturated carbocycles. The Morgan fingerprint density at radius 3 is 2.30 bits per heavy atom. The van der Waals surface area contributed by atoms with Crippen molar-refractivity contribution < 1.29 is 14.3 Å². The number of nitrogens with zero attached hydrogens (tertiary/aromatic N) is 2. The molecular weight excluding hydrogens is 346 g/mol. The van der Waals surface area contributed by atoms with Crippen LogP contribution in [0, 0.1) is 5.92 Å². The lowest BCUT2D eigenvalue weighted by Crippen LogP contribution is -2.71. The number of carbonyl (C=O) groups excluding carboxylic acids is 2. The number of likely N-dealkylation sites (tertiary alicyclic amines) is 1. The van der Waals surface area contributed by atoms with Crippen LogP contribution < -0.4 is 16.0 Å². The molecule has 0 aromatic heterocycles. The molecule has 27 heavy (non-hydrogen) atoms. The van der Waals surface area contributed by atoms with Crippen molar-refractivity contribution in [3.8, 4) is 0 Å². The van der Waals surface area contributed by atoms with E-state index in [1.54, 1.807) is 7.11 Å². The predicted octanol–water partition coefficient (Wildman–Crippen LogP) is 1.67. The van der Waals surface area contributed by atoms with Crippen LogP contribution in [0.4, 0.5) is 9.59 Å². The summed E-state index contributed by atoms with van der Waals surface area (Å²) in [6.07, 6.45) is 7.43. The summed E-state index contributed by atoms with van der Waals surface area (Å²) in [4.78, 5) is 28.9. The minimum absolute atomic E-state index is 0.0412. The summed E-state index contributed by atoms with van der Waals surface area (Å²) >= 11 is 0. The molecule has 0 unspecified atom stereocenters. The van der Waals surface area contributed by atoms with Gasteiger partial charge in [-0.05, 0) is 38.5 Å². The first-order chi connectivity index (χ1) is 13.1. The quantitative estimate of drug-likeness (QED) is 0.625. The first-order valence-corrected chi connectivity index (χ1v) is 10.5. The van der Waals surface area contributed by atoms with Gasteiger partial charge in [0.05, 0.1) is 6.61 Å². The highest BCUT2D eigenvalue weighted by atomic mass is 16.5. The number of ether oxygens (including phenoxy) is 1. The fourth-order valence-electron chi connectivity index (χ4n) is 4.58. The number of hydrogen-bond acceptors (Lipinski definition) is 5. The van der Waals surface area contributed by atoms with Gasteiger partial charge in [-0.3, -0.25) is 5.32 Å². The molecule has 3 N–H and O–H groups in total. The maximum absolute atomic E-state index is 12.6. The number of hydrogen-bond donors (Lipinski definition) is 3. The van der Waals surface area contributed by atoms with Gasteiger partial charge in [0.2, 0.25) is 0 Å². The first-order valence-electron chi connectivity index (χ1n) is 10.5. The van der Waals surface area contributed by atoms with Gasteiger partial charge in [-0.25, -0.2) is 14.5 Å². The average molecular weight is 382 g/mol. The number of urea groups is 2. The van der Waals surface area contributed by atoms with Crippen molar-refractivity contribution in [2.24, 2.45) is 5.92 Å². The van der Waals surface area contributed by atoms with E-state index in [1.807, 2.05) is 0 Å². The van der Waals surface area contributed by atoms with Gasteiger partial charge in [-0.1, -0.05) is 19.3 Å². The van der Waals surface area contributed by atoms with E-state index in [2.05, 4.69) is 27.8 Å². The number of imide groups is 1. The van der Waals surface area contributed by atoms with Crippen molar-refractivity contribution >= 4 is 12.1 Å². The summed E-state index contributed by atoms with van der Waals surface area (Å²) < 4.78 is 5.12. The summed E-state index contributed by atoms with van der Waals surface area (Å²) in [5, 5.41) is 9.23. The summed E-state index contributed by atoms with van der Waals surface area (Å²) in [6.45, 7) is 5.52. The Bertz CT molecular complexity index is 486. The first kappa shape index (κ1) is 20.4. The van der Waals surface area contributed by atoms with E-state index in [4.69, 9.17) is 4.74 Å². The molecule has 0 bridgehead atoms. The number of methoxy groups -OCH3 is 1. The topological polar surface area (TPSA) is 85.9 Å². The normalized spacial score (nSPS) is 25.3. The molecule has 1 atom stereocenters. The highest BCUT2D eigenvalue weighted by Crippen LogP contribution is 2.26.